The van der Waals surface area contributed by atoms with E-state index in [-0.39, 0.29) is 11.7 Å². The molecule has 0 bridgehead atoms. The number of aliphatic imine (C=N–C) groups is 1. The van der Waals surface area contributed by atoms with Crippen LogP contribution in [-0.2, 0) is 11.0 Å². The van der Waals surface area contributed by atoms with Gasteiger partial charge in [-0.1, -0.05) is 18.2 Å². The standard InChI is InChI=1S/C24H20FN5O2S/c1-27-12-17(11-26)16-9-21-22(14-29-24(21)28-13-16)23(31)15-4-2-6-19(8-15)30-33(32)20-7-3-5-18(25)10-20/h2-14,17,26,30H,1H3,(H,28,29). The fourth-order valence-electron chi connectivity index (χ4n) is 3.40. The van der Waals surface area contributed by atoms with Crippen LogP contribution in [0.3, 0.4) is 0 Å². The van der Waals surface area contributed by atoms with Crippen molar-refractivity contribution in [3.63, 3.8) is 0 Å². The van der Waals surface area contributed by atoms with Crippen LogP contribution in [0.2, 0.25) is 0 Å². The Morgan fingerprint density at radius 2 is 2.06 bits per heavy atom. The second kappa shape index (κ2) is 9.66. The van der Waals surface area contributed by atoms with E-state index in [1.54, 1.807) is 56.0 Å². The first-order valence-corrected chi connectivity index (χ1v) is 11.1. The van der Waals surface area contributed by atoms with E-state index in [1.807, 2.05) is 6.07 Å². The number of nitrogens with zero attached hydrogens (tertiary/aromatic N) is 2. The van der Waals surface area contributed by atoms with Gasteiger partial charge in [-0.25, -0.2) is 13.6 Å². The van der Waals surface area contributed by atoms with Gasteiger partial charge in [0, 0.05) is 54.1 Å². The second-order valence-corrected chi connectivity index (χ2v) is 8.42. The van der Waals surface area contributed by atoms with Crippen molar-refractivity contribution in [1.82, 2.24) is 9.97 Å². The number of fused-ring (bicyclic) bond motifs is 1. The summed E-state index contributed by atoms with van der Waals surface area (Å²) in [4.78, 5) is 24.9. The molecule has 166 valence electrons. The molecule has 0 aliphatic heterocycles. The molecule has 0 spiro atoms. The Bertz CT molecular complexity index is 1400. The number of hydrogen-bond acceptors (Lipinski definition) is 5. The van der Waals surface area contributed by atoms with Crippen LogP contribution in [0.5, 0.6) is 0 Å². The molecule has 2 heterocycles. The van der Waals surface area contributed by atoms with Crippen molar-refractivity contribution in [3.05, 3.63) is 89.5 Å². The highest BCUT2D eigenvalue weighted by atomic mass is 32.2. The maximum Gasteiger partial charge on any atom is 0.195 e. The van der Waals surface area contributed by atoms with Crippen LogP contribution in [-0.4, -0.2) is 39.4 Å². The highest BCUT2D eigenvalue weighted by Gasteiger charge is 2.17. The summed E-state index contributed by atoms with van der Waals surface area (Å²) >= 11 is 0. The van der Waals surface area contributed by atoms with E-state index in [1.165, 1.54) is 24.4 Å². The van der Waals surface area contributed by atoms with Gasteiger partial charge in [0.05, 0.1) is 10.8 Å². The number of nitrogens with one attached hydrogen (secondary N) is 3. The molecule has 2 aromatic carbocycles. The number of carbonyl (C=O) groups excluding carboxylic acids is 1. The lowest BCUT2D eigenvalue weighted by molar-refractivity contribution is 0.104. The number of aromatic nitrogens is 2. The molecule has 2 atom stereocenters. The Morgan fingerprint density at radius 3 is 2.82 bits per heavy atom. The Hall–Kier alpha value is -3.98. The fourth-order valence-corrected chi connectivity index (χ4v) is 4.28. The van der Waals surface area contributed by atoms with Crippen molar-refractivity contribution in [3.8, 4) is 0 Å². The molecule has 0 amide bonds. The van der Waals surface area contributed by atoms with Crippen LogP contribution in [0.15, 0.2) is 76.9 Å². The molecule has 7 nitrogen and oxygen atoms in total. The lowest BCUT2D eigenvalue weighted by Gasteiger charge is -2.08. The minimum atomic E-state index is -1.69. The van der Waals surface area contributed by atoms with Crippen molar-refractivity contribution < 1.29 is 13.4 Å². The molecule has 0 saturated heterocycles. The molecule has 4 rings (SSSR count). The summed E-state index contributed by atoms with van der Waals surface area (Å²) in [6.07, 6.45) is 6.15. The number of benzene rings is 2. The van der Waals surface area contributed by atoms with Crippen molar-refractivity contribution in [2.45, 2.75) is 10.8 Å². The Morgan fingerprint density at radius 1 is 1.24 bits per heavy atom. The molecule has 0 aliphatic carbocycles. The van der Waals surface area contributed by atoms with Gasteiger partial charge in [0.2, 0.25) is 0 Å². The van der Waals surface area contributed by atoms with E-state index in [9.17, 15) is 13.4 Å². The van der Waals surface area contributed by atoms with E-state index in [4.69, 9.17) is 5.41 Å². The van der Waals surface area contributed by atoms with Gasteiger partial charge in [-0.3, -0.25) is 9.79 Å². The summed E-state index contributed by atoms with van der Waals surface area (Å²) in [6.45, 7) is 0. The summed E-state index contributed by atoms with van der Waals surface area (Å²) in [5.74, 6) is -1.06. The zero-order chi connectivity index (χ0) is 23.4. The lowest BCUT2D eigenvalue weighted by atomic mass is 9.99. The van der Waals surface area contributed by atoms with Crippen molar-refractivity contribution >= 4 is 45.9 Å². The van der Waals surface area contributed by atoms with Crippen LogP contribution in [0.25, 0.3) is 11.0 Å². The number of rotatable bonds is 8. The zero-order valence-electron chi connectivity index (χ0n) is 17.6. The van der Waals surface area contributed by atoms with E-state index >= 15 is 0 Å². The van der Waals surface area contributed by atoms with Gasteiger partial charge in [-0.15, -0.1) is 0 Å². The average molecular weight is 462 g/mol. The van der Waals surface area contributed by atoms with Crippen molar-refractivity contribution in [1.29, 1.82) is 5.41 Å². The summed E-state index contributed by atoms with van der Waals surface area (Å²) < 4.78 is 28.8. The number of pyridine rings is 1. The van der Waals surface area contributed by atoms with Gasteiger partial charge in [-0.05, 0) is 42.0 Å². The topological polar surface area (TPSA) is 111 Å². The molecule has 0 aliphatic rings. The molecule has 9 heteroatoms. The Balaban J connectivity index is 1.63. The second-order valence-electron chi connectivity index (χ2n) is 7.20. The molecular formula is C24H20FN5O2S. The van der Waals surface area contributed by atoms with Crippen LogP contribution in [0.4, 0.5) is 10.1 Å². The number of anilines is 1. The van der Waals surface area contributed by atoms with Gasteiger partial charge < -0.3 is 15.1 Å². The minimum Gasteiger partial charge on any atom is -0.345 e. The molecule has 2 unspecified atom stereocenters. The third kappa shape index (κ3) is 4.78. The first-order chi connectivity index (χ1) is 16.0. The normalized spacial score (nSPS) is 13.2. The molecule has 2 aromatic heterocycles. The largest absolute Gasteiger partial charge is 0.345 e. The van der Waals surface area contributed by atoms with E-state index in [0.29, 0.717) is 32.7 Å². The van der Waals surface area contributed by atoms with Crippen molar-refractivity contribution in [2.24, 2.45) is 4.99 Å². The quantitative estimate of drug-likeness (QED) is 0.265. The third-order valence-corrected chi connectivity index (χ3v) is 6.12. The number of halogens is 1. The maximum atomic E-state index is 13.4. The summed E-state index contributed by atoms with van der Waals surface area (Å²) in [7, 11) is -0.0529. The molecule has 3 N–H and O–H groups in total. The van der Waals surface area contributed by atoms with E-state index in [2.05, 4.69) is 19.7 Å². The number of H-pyrrole nitrogens is 1. The average Bonchev–Trinajstić information content (AvgIpc) is 3.25. The zero-order valence-corrected chi connectivity index (χ0v) is 18.4. The lowest BCUT2D eigenvalue weighted by Crippen LogP contribution is -2.07. The molecule has 0 radical (unpaired) electrons. The SMILES string of the molecule is CN=CC(C=N)c1cnc2[nH]cc(C(=O)c3cccc(NS(=O)c4cccc(F)c4)c3)c2c1. The van der Waals surface area contributed by atoms with E-state index < -0.39 is 16.8 Å². The van der Waals surface area contributed by atoms with Gasteiger partial charge in [0.1, 0.15) is 22.5 Å². The number of aromatic amines is 1. The number of ketones is 1. The number of hydrogen-bond donors (Lipinski definition) is 3. The monoisotopic (exact) mass is 461 g/mol. The fraction of sp³-hybridized carbons (Fsp3) is 0.0833. The highest BCUT2D eigenvalue weighted by Crippen LogP contribution is 2.25. The Kier molecular flexibility index (Phi) is 6.50. The third-order valence-electron chi connectivity index (χ3n) is 5.02. The van der Waals surface area contributed by atoms with Crippen LogP contribution in [0, 0.1) is 11.2 Å². The smallest absolute Gasteiger partial charge is 0.195 e. The summed E-state index contributed by atoms with van der Waals surface area (Å²) in [6, 6.07) is 14.0. The van der Waals surface area contributed by atoms with Crippen LogP contribution in [0.1, 0.15) is 27.4 Å². The van der Waals surface area contributed by atoms with Gasteiger partial charge >= 0.3 is 0 Å². The van der Waals surface area contributed by atoms with E-state index in [0.717, 1.165) is 5.56 Å². The van der Waals surface area contributed by atoms with Crippen molar-refractivity contribution in [2.75, 3.05) is 11.8 Å². The molecule has 33 heavy (non-hydrogen) atoms. The summed E-state index contributed by atoms with van der Waals surface area (Å²) in [5.41, 5.74) is 2.59. The molecule has 4 aromatic rings. The Labute approximate surface area is 191 Å². The van der Waals surface area contributed by atoms with Crippen LogP contribution < -0.4 is 4.72 Å². The molecule has 0 fully saturated rings. The maximum absolute atomic E-state index is 13.4. The molecular weight excluding hydrogens is 441 g/mol. The van der Waals surface area contributed by atoms with Crippen LogP contribution >= 0.6 is 0 Å². The van der Waals surface area contributed by atoms with Gasteiger partial charge in [0.25, 0.3) is 0 Å². The first-order valence-electron chi connectivity index (χ1n) is 9.99. The first kappa shape index (κ1) is 22.2. The predicted molar refractivity (Wildman–Crippen MR) is 128 cm³/mol. The van der Waals surface area contributed by atoms with Gasteiger partial charge in [-0.2, -0.15) is 0 Å². The predicted octanol–water partition coefficient (Wildman–Crippen LogP) is 4.50. The molecule has 0 saturated carbocycles. The summed E-state index contributed by atoms with van der Waals surface area (Å²) in [5, 5.41) is 8.26. The highest BCUT2D eigenvalue weighted by molar-refractivity contribution is 7.86. The van der Waals surface area contributed by atoms with Gasteiger partial charge in [0.15, 0.2) is 5.78 Å². The minimum absolute atomic E-state index is 0.240. The number of carbonyl (C=O) groups is 1.